The fourth-order valence-electron chi connectivity index (χ4n) is 3.18. The smallest absolute Gasteiger partial charge is 0.254 e. The first-order valence-electron chi connectivity index (χ1n) is 8.33. The van der Waals surface area contributed by atoms with Crippen LogP contribution in [0.4, 0.5) is 5.69 Å². The van der Waals surface area contributed by atoms with Gasteiger partial charge >= 0.3 is 0 Å². The van der Waals surface area contributed by atoms with Gasteiger partial charge < -0.3 is 9.80 Å². The highest BCUT2D eigenvalue weighted by Gasteiger charge is 2.35. The van der Waals surface area contributed by atoms with Crippen LogP contribution >= 0.6 is 15.9 Å². The summed E-state index contributed by atoms with van der Waals surface area (Å²) < 4.78 is 0.853. The van der Waals surface area contributed by atoms with Gasteiger partial charge in [0.2, 0.25) is 5.91 Å². The molecule has 0 bridgehead atoms. The van der Waals surface area contributed by atoms with Crippen LogP contribution in [-0.2, 0) is 4.79 Å². The molecule has 1 saturated heterocycles. The normalized spacial score (nSPS) is 17.8. The predicted molar refractivity (Wildman–Crippen MR) is 103 cm³/mol. The van der Waals surface area contributed by atoms with Crippen molar-refractivity contribution in [3.63, 3.8) is 0 Å². The van der Waals surface area contributed by atoms with Gasteiger partial charge in [-0.2, -0.15) is 0 Å². The number of piperazine rings is 1. The van der Waals surface area contributed by atoms with Crippen LogP contribution in [0.15, 0.2) is 46.9 Å². The molecule has 1 heterocycles. The number of carbonyl (C=O) groups is 2. The fraction of sp³-hybridized carbons (Fsp3) is 0.300. The van der Waals surface area contributed by atoms with Crippen LogP contribution in [0.3, 0.4) is 0 Å². The minimum atomic E-state index is -0.486. The van der Waals surface area contributed by atoms with Crippen molar-refractivity contribution < 1.29 is 9.59 Å². The molecule has 0 aromatic heterocycles. The zero-order valence-electron chi connectivity index (χ0n) is 14.6. The summed E-state index contributed by atoms with van der Waals surface area (Å²) in [5.41, 5.74) is 3.72. The number of rotatable bonds is 2. The first-order chi connectivity index (χ1) is 11.9. The quantitative estimate of drug-likeness (QED) is 0.765. The monoisotopic (exact) mass is 400 g/mol. The Labute approximate surface area is 156 Å². The Hall–Kier alpha value is -2.14. The first kappa shape index (κ1) is 17.7. The van der Waals surface area contributed by atoms with E-state index in [1.54, 1.807) is 28.9 Å². The molecule has 0 radical (unpaired) electrons. The van der Waals surface area contributed by atoms with E-state index in [-0.39, 0.29) is 11.8 Å². The molecule has 2 aromatic carbocycles. The van der Waals surface area contributed by atoms with E-state index < -0.39 is 6.04 Å². The minimum absolute atomic E-state index is 0.0386. The van der Waals surface area contributed by atoms with E-state index in [1.807, 2.05) is 44.2 Å². The van der Waals surface area contributed by atoms with E-state index in [1.165, 1.54) is 0 Å². The van der Waals surface area contributed by atoms with Crippen molar-refractivity contribution in [1.29, 1.82) is 0 Å². The summed E-state index contributed by atoms with van der Waals surface area (Å²) in [6.45, 7) is 6.85. The summed E-state index contributed by atoms with van der Waals surface area (Å²) >= 11 is 3.39. The number of anilines is 1. The molecular formula is C20H21BrN2O2. The van der Waals surface area contributed by atoms with Gasteiger partial charge in [0, 0.05) is 28.8 Å². The Morgan fingerprint density at radius 2 is 1.88 bits per heavy atom. The molecular weight excluding hydrogens is 380 g/mol. The van der Waals surface area contributed by atoms with Gasteiger partial charge in [-0.1, -0.05) is 34.1 Å². The number of aryl methyl sites for hydroxylation is 2. The molecule has 0 spiro atoms. The van der Waals surface area contributed by atoms with Gasteiger partial charge in [0.05, 0.1) is 0 Å². The van der Waals surface area contributed by atoms with Crippen LogP contribution in [-0.4, -0.2) is 35.8 Å². The second-order valence-corrected chi connectivity index (χ2v) is 7.38. The van der Waals surface area contributed by atoms with Crippen LogP contribution in [0, 0.1) is 13.8 Å². The highest BCUT2D eigenvalue weighted by atomic mass is 79.9. The average molecular weight is 401 g/mol. The van der Waals surface area contributed by atoms with Crippen molar-refractivity contribution in [2.24, 2.45) is 0 Å². The largest absolute Gasteiger partial charge is 0.325 e. The lowest BCUT2D eigenvalue weighted by molar-refractivity contribution is -0.124. The van der Waals surface area contributed by atoms with E-state index in [9.17, 15) is 9.59 Å². The zero-order valence-corrected chi connectivity index (χ0v) is 16.2. The Morgan fingerprint density at radius 3 is 2.60 bits per heavy atom. The highest BCUT2D eigenvalue weighted by molar-refractivity contribution is 9.10. The molecule has 2 amide bonds. The Morgan fingerprint density at radius 1 is 1.12 bits per heavy atom. The van der Waals surface area contributed by atoms with Gasteiger partial charge in [0.25, 0.3) is 5.91 Å². The summed E-state index contributed by atoms with van der Waals surface area (Å²) in [6.07, 6.45) is 0. The van der Waals surface area contributed by atoms with Gasteiger partial charge in [-0.05, 0) is 56.2 Å². The molecule has 0 N–H and O–H groups in total. The summed E-state index contributed by atoms with van der Waals surface area (Å²) in [4.78, 5) is 29.2. The SMILES string of the molecule is Cc1ccc(C)c(N2CCN(C(=O)c3cccc(Br)c3)[C@@H](C)C2=O)c1. The molecule has 0 saturated carbocycles. The average Bonchev–Trinajstić information content (AvgIpc) is 2.59. The lowest BCUT2D eigenvalue weighted by Crippen LogP contribution is -2.58. The lowest BCUT2D eigenvalue weighted by Gasteiger charge is -2.39. The molecule has 5 heteroatoms. The molecule has 1 aliphatic rings. The maximum atomic E-state index is 12.9. The van der Waals surface area contributed by atoms with E-state index in [2.05, 4.69) is 15.9 Å². The second-order valence-electron chi connectivity index (χ2n) is 6.46. The molecule has 0 unspecified atom stereocenters. The number of hydrogen-bond acceptors (Lipinski definition) is 2. The van der Waals surface area contributed by atoms with Gasteiger partial charge in [-0.25, -0.2) is 0 Å². The van der Waals surface area contributed by atoms with Crippen LogP contribution in [0.2, 0.25) is 0 Å². The number of halogens is 1. The molecule has 2 aromatic rings. The number of hydrogen-bond donors (Lipinski definition) is 0. The van der Waals surface area contributed by atoms with E-state index >= 15 is 0 Å². The Balaban J connectivity index is 1.84. The maximum absolute atomic E-state index is 12.9. The van der Waals surface area contributed by atoms with Crippen molar-refractivity contribution in [2.75, 3.05) is 18.0 Å². The third-order valence-electron chi connectivity index (χ3n) is 4.64. The molecule has 130 valence electrons. The number of nitrogens with zero attached hydrogens (tertiary/aromatic N) is 2. The summed E-state index contributed by atoms with van der Waals surface area (Å²) in [5, 5.41) is 0. The van der Waals surface area contributed by atoms with Gasteiger partial charge in [0.1, 0.15) is 6.04 Å². The van der Waals surface area contributed by atoms with Crippen LogP contribution < -0.4 is 4.90 Å². The molecule has 0 aliphatic carbocycles. The van der Waals surface area contributed by atoms with Crippen molar-refractivity contribution in [3.05, 3.63) is 63.6 Å². The molecule has 1 atom stereocenters. The van der Waals surface area contributed by atoms with Gasteiger partial charge in [-0.3, -0.25) is 9.59 Å². The summed E-state index contributed by atoms with van der Waals surface area (Å²) in [5.74, 6) is -0.147. The Bertz CT molecular complexity index is 834. The third-order valence-corrected chi connectivity index (χ3v) is 5.14. The van der Waals surface area contributed by atoms with Crippen LogP contribution in [0.5, 0.6) is 0 Å². The van der Waals surface area contributed by atoms with Gasteiger partial charge in [0.15, 0.2) is 0 Å². The molecule has 1 aliphatic heterocycles. The second kappa shape index (κ2) is 7.00. The molecule has 25 heavy (non-hydrogen) atoms. The first-order valence-corrected chi connectivity index (χ1v) is 9.13. The number of benzene rings is 2. The molecule has 3 rings (SSSR count). The summed E-state index contributed by atoms with van der Waals surface area (Å²) in [6, 6.07) is 12.9. The highest BCUT2D eigenvalue weighted by Crippen LogP contribution is 2.26. The predicted octanol–water partition coefficient (Wildman–Crippen LogP) is 3.94. The van der Waals surface area contributed by atoms with Crippen molar-refractivity contribution in [3.8, 4) is 0 Å². The molecule has 1 fully saturated rings. The van der Waals surface area contributed by atoms with Crippen molar-refractivity contribution in [1.82, 2.24) is 4.90 Å². The minimum Gasteiger partial charge on any atom is -0.325 e. The standard InChI is InChI=1S/C20H21BrN2O2/c1-13-7-8-14(2)18(11-13)23-10-9-22(15(3)19(23)24)20(25)16-5-4-6-17(21)12-16/h4-8,11-12,15H,9-10H2,1-3H3/t15-/m0/s1. The van der Waals surface area contributed by atoms with E-state index in [0.29, 0.717) is 18.7 Å². The van der Waals surface area contributed by atoms with Crippen molar-refractivity contribution in [2.45, 2.75) is 26.8 Å². The topological polar surface area (TPSA) is 40.6 Å². The van der Waals surface area contributed by atoms with Crippen LogP contribution in [0.25, 0.3) is 0 Å². The Kier molecular flexibility index (Phi) is 4.95. The zero-order chi connectivity index (χ0) is 18.1. The van der Waals surface area contributed by atoms with Gasteiger partial charge in [-0.15, -0.1) is 0 Å². The third kappa shape index (κ3) is 3.47. The maximum Gasteiger partial charge on any atom is 0.254 e. The lowest BCUT2D eigenvalue weighted by atomic mass is 10.1. The fourth-order valence-corrected chi connectivity index (χ4v) is 3.58. The van der Waals surface area contributed by atoms with E-state index in [4.69, 9.17) is 0 Å². The molecule has 4 nitrogen and oxygen atoms in total. The summed E-state index contributed by atoms with van der Waals surface area (Å²) in [7, 11) is 0. The number of amides is 2. The van der Waals surface area contributed by atoms with Crippen molar-refractivity contribution >= 4 is 33.4 Å². The number of carbonyl (C=O) groups excluding carboxylic acids is 2. The van der Waals surface area contributed by atoms with E-state index in [0.717, 1.165) is 21.3 Å². The van der Waals surface area contributed by atoms with Crippen LogP contribution in [0.1, 0.15) is 28.4 Å².